The average molecular weight is 265 g/mol. The SMILES string of the molecule is CC1CCC(Nc2ccccc2F)(C(=O)O)C(C)C1. The van der Waals surface area contributed by atoms with Gasteiger partial charge in [-0.3, -0.25) is 0 Å². The average Bonchev–Trinajstić information content (AvgIpc) is 2.35. The Balaban J connectivity index is 2.31. The maximum absolute atomic E-state index is 13.7. The van der Waals surface area contributed by atoms with Crippen LogP contribution in [-0.4, -0.2) is 16.6 Å². The van der Waals surface area contributed by atoms with Crippen molar-refractivity contribution in [2.45, 2.75) is 38.6 Å². The first-order valence-electron chi connectivity index (χ1n) is 6.72. The Labute approximate surface area is 112 Å². The fourth-order valence-corrected chi connectivity index (χ4v) is 3.00. The van der Waals surface area contributed by atoms with Crippen LogP contribution in [0.1, 0.15) is 33.1 Å². The van der Waals surface area contributed by atoms with Crippen LogP contribution in [0.3, 0.4) is 0 Å². The molecule has 0 amide bonds. The zero-order valence-corrected chi connectivity index (χ0v) is 11.3. The normalized spacial score (nSPS) is 30.9. The van der Waals surface area contributed by atoms with E-state index in [0.29, 0.717) is 12.3 Å². The van der Waals surface area contributed by atoms with Crippen molar-refractivity contribution in [1.29, 1.82) is 0 Å². The third kappa shape index (κ3) is 2.57. The zero-order valence-electron chi connectivity index (χ0n) is 11.3. The van der Waals surface area contributed by atoms with Gasteiger partial charge in [-0.15, -0.1) is 0 Å². The van der Waals surface area contributed by atoms with Crippen LogP contribution < -0.4 is 5.32 Å². The van der Waals surface area contributed by atoms with Gasteiger partial charge in [0.25, 0.3) is 0 Å². The van der Waals surface area contributed by atoms with Crippen molar-refractivity contribution in [3.63, 3.8) is 0 Å². The molecule has 3 unspecified atom stereocenters. The molecule has 0 heterocycles. The number of aliphatic carboxylic acids is 1. The number of anilines is 1. The van der Waals surface area contributed by atoms with Gasteiger partial charge in [-0.25, -0.2) is 9.18 Å². The number of hydrogen-bond donors (Lipinski definition) is 2. The molecule has 2 N–H and O–H groups in total. The molecule has 0 saturated heterocycles. The van der Waals surface area contributed by atoms with Crippen LogP contribution in [0.2, 0.25) is 0 Å². The molecule has 1 fully saturated rings. The Morgan fingerprint density at radius 1 is 1.42 bits per heavy atom. The quantitative estimate of drug-likeness (QED) is 0.879. The lowest BCUT2D eigenvalue weighted by Crippen LogP contribution is -2.54. The number of para-hydroxylation sites is 1. The monoisotopic (exact) mass is 265 g/mol. The van der Waals surface area contributed by atoms with E-state index in [-0.39, 0.29) is 11.6 Å². The van der Waals surface area contributed by atoms with Gasteiger partial charge in [0, 0.05) is 0 Å². The van der Waals surface area contributed by atoms with Crippen molar-refractivity contribution in [2.24, 2.45) is 11.8 Å². The van der Waals surface area contributed by atoms with E-state index in [0.717, 1.165) is 12.8 Å². The Morgan fingerprint density at radius 3 is 2.68 bits per heavy atom. The summed E-state index contributed by atoms with van der Waals surface area (Å²) < 4.78 is 13.7. The minimum absolute atomic E-state index is 0.0339. The smallest absolute Gasteiger partial charge is 0.329 e. The van der Waals surface area contributed by atoms with Gasteiger partial charge in [0.2, 0.25) is 0 Å². The van der Waals surface area contributed by atoms with Crippen molar-refractivity contribution in [3.05, 3.63) is 30.1 Å². The summed E-state index contributed by atoms with van der Waals surface area (Å²) in [6.07, 6.45) is 2.21. The molecule has 1 aliphatic carbocycles. The zero-order chi connectivity index (χ0) is 14.0. The van der Waals surface area contributed by atoms with E-state index in [1.165, 1.54) is 6.07 Å². The Bertz CT molecular complexity index is 477. The van der Waals surface area contributed by atoms with Crippen molar-refractivity contribution >= 4 is 11.7 Å². The molecule has 2 rings (SSSR count). The summed E-state index contributed by atoms with van der Waals surface area (Å²) in [6, 6.07) is 6.23. The van der Waals surface area contributed by atoms with Crippen molar-refractivity contribution in [1.82, 2.24) is 0 Å². The summed E-state index contributed by atoms with van der Waals surface area (Å²) in [5.41, 5.74) is -0.791. The van der Waals surface area contributed by atoms with Crippen LogP contribution in [0.5, 0.6) is 0 Å². The highest BCUT2D eigenvalue weighted by Crippen LogP contribution is 2.39. The molecule has 1 aromatic rings. The Kier molecular flexibility index (Phi) is 3.78. The number of carboxylic acid groups (broad SMARTS) is 1. The number of carbonyl (C=O) groups is 1. The number of rotatable bonds is 3. The van der Waals surface area contributed by atoms with E-state index in [1.54, 1.807) is 18.2 Å². The third-order valence-corrected chi connectivity index (χ3v) is 4.24. The second kappa shape index (κ2) is 5.19. The van der Waals surface area contributed by atoms with Crippen LogP contribution in [0.25, 0.3) is 0 Å². The molecule has 3 atom stereocenters. The minimum atomic E-state index is -1.06. The fraction of sp³-hybridized carbons (Fsp3) is 0.533. The largest absolute Gasteiger partial charge is 0.479 e. The predicted molar refractivity (Wildman–Crippen MR) is 72.6 cm³/mol. The lowest BCUT2D eigenvalue weighted by molar-refractivity contribution is -0.145. The highest BCUT2D eigenvalue weighted by atomic mass is 19.1. The highest BCUT2D eigenvalue weighted by molar-refractivity contribution is 5.83. The molecule has 0 radical (unpaired) electrons. The van der Waals surface area contributed by atoms with Gasteiger partial charge >= 0.3 is 5.97 Å². The first-order chi connectivity index (χ1) is 8.95. The molecule has 0 spiro atoms. The first kappa shape index (κ1) is 13.8. The first-order valence-corrected chi connectivity index (χ1v) is 6.72. The van der Waals surface area contributed by atoms with Gasteiger partial charge in [0.05, 0.1) is 5.69 Å². The number of benzene rings is 1. The molecule has 104 valence electrons. The van der Waals surface area contributed by atoms with Gasteiger partial charge in [-0.1, -0.05) is 26.0 Å². The van der Waals surface area contributed by atoms with Crippen molar-refractivity contribution < 1.29 is 14.3 Å². The van der Waals surface area contributed by atoms with Crippen molar-refractivity contribution in [3.8, 4) is 0 Å². The van der Waals surface area contributed by atoms with Crippen LogP contribution in [0, 0.1) is 17.7 Å². The fourth-order valence-electron chi connectivity index (χ4n) is 3.00. The predicted octanol–water partition coefficient (Wildman–Crippen LogP) is 3.52. The molecule has 1 saturated carbocycles. The van der Waals surface area contributed by atoms with Crippen molar-refractivity contribution in [2.75, 3.05) is 5.32 Å². The highest BCUT2D eigenvalue weighted by Gasteiger charge is 2.47. The number of hydrogen-bond acceptors (Lipinski definition) is 2. The molecule has 4 heteroatoms. The molecule has 0 bridgehead atoms. The standard InChI is InChI=1S/C15H20FNO2/c1-10-7-8-15(14(18)19,11(2)9-10)17-13-6-4-3-5-12(13)16/h3-6,10-11,17H,7-9H2,1-2H3,(H,18,19). The summed E-state index contributed by atoms with van der Waals surface area (Å²) in [5.74, 6) is -0.817. The minimum Gasteiger partial charge on any atom is -0.479 e. The van der Waals surface area contributed by atoms with E-state index in [9.17, 15) is 14.3 Å². The van der Waals surface area contributed by atoms with Crippen LogP contribution in [0.4, 0.5) is 10.1 Å². The summed E-state index contributed by atoms with van der Waals surface area (Å²) >= 11 is 0. The van der Waals surface area contributed by atoms with Crippen LogP contribution in [-0.2, 0) is 4.79 Å². The summed E-state index contributed by atoms with van der Waals surface area (Å²) in [7, 11) is 0. The topological polar surface area (TPSA) is 49.3 Å². The second-order valence-electron chi connectivity index (χ2n) is 5.66. The molecule has 0 aromatic heterocycles. The molecular formula is C15H20FNO2. The summed E-state index contributed by atoms with van der Waals surface area (Å²) in [5, 5.41) is 12.6. The lowest BCUT2D eigenvalue weighted by atomic mass is 9.70. The summed E-state index contributed by atoms with van der Waals surface area (Å²) in [4.78, 5) is 11.7. The van der Waals surface area contributed by atoms with Gasteiger partial charge < -0.3 is 10.4 Å². The van der Waals surface area contributed by atoms with Gasteiger partial charge in [0.15, 0.2) is 0 Å². The van der Waals surface area contributed by atoms with Gasteiger partial charge in [0.1, 0.15) is 11.4 Å². The molecule has 1 aromatic carbocycles. The molecule has 3 nitrogen and oxygen atoms in total. The Hall–Kier alpha value is -1.58. The molecule has 1 aliphatic rings. The van der Waals surface area contributed by atoms with E-state index in [4.69, 9.17) is 0 Å². The number of nitrogens with one attached hydrogen (secondary N) is 1. The van der Waals surface area contributed by atoms with E-state index in [2.05, 4.69) is 12.2 Å². The lowest BCUT2D eigenvalue weighted by Gasteiger charge is -2.42. The Morgan fingerprint density at radius 2 is 2.11 bits per heavy atom. The van der Waals surface area contributed by atoms with Crippen LogP contribution in [0.15, 0.2) is 24.3 Å². The van der Waals surface area contributed by atoms with Gasteiger partial charge in [-0.05, 0) is 43.2 Å². The summed E-state index contributed by atoms with van der Waals surface area (Å²) in [6.45, 7) is 4.06. The van der Waals surface area contributed by atoms with E-state index < -0.39 is 17.3 Å². The number of carboxylic acids is 1. The third-order valence-electron chi connectivity index (χ3n) is 4.24. The molecular weight excluding hydrogens is 245 g/mol. The van der Waals surface area contributed by atoms with E-state index >= 15 is 0 Å². The molecule has 0 aliphatic heterocycles. The number of halogens is 1. The maximum atomic E-state index is 13.7. The van der Waals surface area contributed by atoms with E-state index in [1.807, 2.05) is 6.92 Å². The van der Waals surface area contributed by atoms with Gasteiger partial charge in [-0.2, -0.15) is 0 Å². The molecule has 19 heavy (non-hydrogen) atoms. The maximum Gasteiger partial charge on any atom is 0.329 e. The second-order valence-corrected chi connectivity index (χ2v) is 5.66. The van der Waals surface area contributed by atoms with Crippen LogP contribution >= 0.6 is 0 Å².